The van der Waals surface area contributed by atoms with E-state index < -0.39 is 0 Å². The van der Waals surface area contributed by atoms with Crippen LogP contribution in [0.3, 0.4) is 0 Å². The third-order valence-corrected chi connectivity index (χ3v) is 5.40. The number of benzene rings is 2. The SMILES string of the molecule is CCc1c(/C=C/OC)cccc1-c1nnc(-c2ccc(OC(C)C)c(C)c2)s1. The number of methoxy groups -OCH3 is 1. The number of ether oxygens (including phenoxy) is 2. The lowest BCUT2D eigenvalue weighted by Crippen LogP contribution is -2.06. The molecule has 0 saturated heterocycles. The fraction of sp³-hybridized carbons (Fsp3) is 0.304. The van der Waals surface area contributed by atoms with E-state index in [-0.39, 0.29) is 6.10 Å². The van der Waals surface area contributed by atoms with Crippen molar-refractivity contribution in [2.75, 3.05) is 7.11 Å². The lowest BCUT2D eigenvalue weighted by molar-refractivity contribution is 0.241. The summed E-state index contributed by atoms with van der Waals surface area (Å²) in [5.41, 5.74) is 5.68. The zero-order valence-electron chi connectivity index (χ0n) is 17.0. The van der Waals surface area contributed by atoms with Crippen molar-refractivity contribution >= 4 is 17.4 Å². The summed E-state index contributed by atoms with van der Waals surface area (Å²) in [5.74, 6) is 0.911. The summed E-state index contributed by atoms with van der Waals surface area (Å²) in [7, 11) is 1.66. The van der Waals surface area contributed by atoms with Crippen LogP contribution in [0.5, 0.6) is 5.75 Å². The van der Waals surface area contributed by atoms with Crippen molar-refractivity contribution in [2.24, 2.45) is 0 Å². The number of aryl methyl sites for hydroxylation is 1. The van der Waals surface area contributed by atoms with Gasteiger partial charge in [-0.15, -0.1) is 10.2 Å². The van der Waals surface area contributed by atoms with Crippen molar-refractivity contribution in [1.29, 1.82) is 0 Å². The molecule has 0 saturated carbocycles. The molecule has 0 atom stereocenters. The summed E-state index contributed by atoms with van der Waals surface area (Å²) in [6.45, 7) is 8.28. The fourth-order valence-electron chi connectivity index (χ4n) is 3.11. The smallest absolute Gasteiger partial charge is 0.148 e. The molecule has 0 aliphatic heterocycles. The first-order valence-corrected chi connectivity index (χ1v) is 10.3. The van der Waals surface area contributed by atoms with Gasteiger partial charge < -0.3 is 9.47 Å². The Balaban J connectivity index is 1.95. The van der Waals surface area contributed by atoms with Crippen molar-refractivity contribution in [1.82, 2.24) is 10.2 Å². The zero-order chi connectivity index (χ0) is 20.1. The number of nitrogens with zero attached hydrogens (tertiary/aromatic N) is 2. The third-order valence-electron chi connectivity index (χ3n) is 4.39. The summed E-state index contributed by atoms with van der Waals surface area (Å²) >= 11 is 1.61. The van der Waals surface area contributed by atoms with Gasteiger partial charge in [-0.1, -0.05) is 36.5 Å². The van der Waals surface area contributed by atoms with Gasteiger partial charge in [0.1, 0.15) is 15.8 Å². The molecule has 3 aromatic rings. The van der Waals surface area contributed by atoms with Gasteiger partial charge in [0.2, 0.25) is 0 Å². The van der Waals surface area contributed by atoms with Gasteiger partial charge in [-0.2, -0.15) is 0 Å². The standard InChI is InChI=1S/C23H26N2O2S/c1-6-19-17(12-13-26-5)8-7-9-20(19)23-25-24-22(28-23)18-10-11-21(16(4)14-18)27-15(2)3/h7-15H,6H2,1-5H3/b13-12+. The van der Waals surface area contributed by atoms with E-state index in [2.05, 4.69) is 42.2 Å². The van der Waals surface area contributed by atoms with Crippen molar-refractivity contribution in [3.63, 3.8) is 0 Å². The van der Waals surface area contributed by atoms with E-state index in [1.807, 2.05) is 38.1 Å². The maximum atomic E-state index is 5.84. The first kappa shape index (κ1) is 20.1. The molecule has 0 unspecified atom stereocenters. The van der Waals surface area contributed by atoms with Gasteiger partial charge in [-0.05, 0) is 68.2 Å². The molecule has 0 fully saturated rings. The maximum Gasteiger partial charge on any atom is 0.148 e. The first-order chi connectivity index (χ1) is 13.5. The van der Waals surface area contributed by atoms with Crippen LogP contribution in [-0.4, -0.2) is 23.4 Å². The minimum absolute atomic E-state index is 0.157. The van der Waals surface area contributed by atoms with Crippen LogP contribution in [0.15, 0.2) is 42.7 Å². The van der Waals surface area contributed by atoms with E-state index in [9.17, 15) is 0 Å². The minimum Gasteiger partial charge on any atom is -0.504 e. The molecule has 0 aliphatic carbocycles. The maximum absolute atomic E-state index is 5.84. The molecule has 1 heterocycles. The molecule has 146 valence electrons. The summed E-state index contributed by atoms with van der Waals surface area (Å²) in [6, 6.07) is 12.4. The Morgan fingerprint density at radius 2 is 1.89 bits per heavy atom. The highest BCUT2D eigenvalue weighted by atomic mass is 32.1. The molecular weight excluding hydrogens is 368 g/mol. The van der Waals surface area contributed by atoms with Crippen LogP contribution >= 0.6 is 11.3 Å². The molecule has 28 heavy (non-hydrogen) atoms. The average molecular weight is 395 g/mol. The van der Waals surface area contributed by atoms with Crippen molar-refractivity contribution in [2.45, 2.75) is 40.2 Å². The molecular formula is C23H26N2O2S. The summed E-state index contributed by atoms with van der Waals surface area (Å²) < 4.78 is 10.9. The normalized spacial score (nSPS) is 11.4. The molecule has 2 aromatic carbocycles. The van der Waals surface area contributed by atoms with Crippen LogP contribution < -0.4 is 4.74 Å². The molecule has 0 aliphatic rings. The van der Waals surface area contributed by atoms with E-state index in [0.29, 0.717) is 0 Å². The number of aromatic nitrogens is 2. The second-order valence-electron chi connectivity index (χ2n) is 6.82. The number of hydrogen-bond donors (Lipinski definition) is 0. The highest BCUT2D eigenvalue weighted by Gasteiger charge is 2.14. The molecule has 5 heteroatoms. The number of hydrogen-bond acceptors (Lipinski definition) is 5. The topological polar surface area (TPSA) is 44.2 Å². The minimum atomic E-state index is 0.157. The van der Waals surface area contributed by atoms with Crippen LogP contribution in [0.2, 0.25) is 0 Å². The van der Waals surface area contributed by atoms with E-state index in [1.165, 1.54) is 5.56 Å². The Hall–Kier alpha value is -2.66. The molecule has 4 nitrogen and oxygen atoms in total. The Bertz CT molecular complexity index is 976. The van der Waals surface area contributed by atoms with Gasteiger partial charge in [-0.25, -0.2) is 0 Å². The Morgan fingerprint density at radius 1 is 1.11 bits per heavy atom. The van der Waals surface area contributed by atoms with Crippen LogP contribution in [0, 0.1) is 6.92 Å². The monoisotopic (exact) mass is 394 g/mol. The van der Waals surface area contributed by atoms with Gasteiger partial charge in [0.25, 0.3) is 0 Å². The lowest BCUT2D eigenvalue weighted by atomic mass is 9.99. The Morgan fingerprint density at radius 3 is 2.57 bits per heavy atom. The summed E-state index contributed by atoms with van der Waals surface area (Å²) in [5, 5.41) is 10.8. The van der Waals surface area contributed by atoms with Crippen LogP contribution in [0.1, 0.15) is 37.5 Å². The van der Waals surface area contributed by atoms with E-state index in [0.717, 1.165) is 44.4 Å². The second-order valence-corrected chi connectivity index (χ2v) is 7.80. The van der Waals surface area contributed by atoms with E-state index in [1.54, 1.807) is 24.7 Å². The van der Waals surface area contributed by atoms with Crippen molar-refractivity contribution in [3.8, 4) is 26.9 Å². The van der Waals surface area contributed by atoms with E-state index >= 15 is 0 Å². The van der Waals surface area contributed by atoms with E-state index in [4.69, 9.17) is 9.47 Å². The third kappa shape index (κ3) is 4.42. The molecule has 0 amide bonds. The van der Waals surface area contributed by atoms with Crippen molar-refractivity contribution in [3.05, 3.63) is 59.4 Å². The predicted molar refractivity (Wildman–Crippen MR) is 117 cm³/mol. The largest absolute Gasteiger partial charge is 0.504 e. The highest BCUT2D eigenvalue weighted by molar-refractivity contribution is 7.17. The second kappa shape index (κ2) is 9.02. The molecule has 0 N–H and O–H groups in total. The number of rotatable bonds is 7. The zero-order valence-corrected chi connectivity index (χ0v) is 17.8. The fourth-order valence-corrected chi connectivity index (χ4v) is 4.01. The van der Waals surface area contributed by atoms with Gasteiger partial charge in [-0.3, -0.25) is 0 Å². The first-order valence-electron chi connectivity index (χ1n) is 9.46. The molecule has 0 bridgehead atoms. The van der Waals surface area contributed by atoms with Crippen molar-refractivity contribution < 1.29 is 9.47 Å². The molecule has 0 spiro atoms. The average Bonchev–Trinajstić information content (AvgIpc) is 3.17. The van der Waals surface area contributed by atoms with Gasteiger partial charge in [0.05, 0.1) is 19.5 Å². The summed E-state index contributed by atoms with van der Waals surface area (Å²) in [4.78, 5) is 0. The molecule has 0 radical (unpaired) electrons. The van der Waals surface area contributed by atoms with Crippen LogP contribution in [0.25, 0.3) is 27.2 Å². The predicted octanol–water partition coefficient (Wildman–Crippen LogP) is 6.15. The molecule has 1 aromatic heterocycles. The van der Waals surface area contributed by atoms with Crippen LogP contribution in [0.4, 0.5) is 0 Å². The quantitative estimate of drug-likeness (QED) is 0.451. The lowest BCUT2D eigenvalue weighted by Gasteiger charge is -2.12. The molecule has 3 rings (SSSR count). The van der Waals surface area contributed by atoms with Crippen LogP contribution in [-0.2, 0) is 11.2 Å². The Kier molecular flexibility index (Phi) is 6.47. The van der Waals surface area contributed by atoms with Gasteiger partial charge >= 0.3 is 0 Å². The highest BCUT2D eigenvalue weighted by Crippen LogP contribution is 2.35. The van der Waals surface area contributed by atoms with Gasteiger partial charge in [0.15, 0.2) is 0 Å². The Labute approximate surface area is 170 Å². The summed E-state index contributed by atoms with van der Waals surface area (Å²) in [6.07, 6.45) is 4.76. The van der Waals surface area contributed by atoms with Gasteiger partial charge in [0, 0.05) is 11.1 Å².